The van der Waals surface area contributed by atoms with Gasteiger partial charge in [0.25, 0.3) is 0 Å². The summed E-state index contributed by atoms with van der Waals surface area (Å²) in [4.78, 5) is 4.74. The molecule has 3 nitrogen and oxygen atoms in total. The number of hydrogen-bond donors (Lipinski definition) is 2. The van der Waals surface area contributed by atoms with E-state index in [1.807, 2.05) is 11.8 Å². The van der Waals surface area contributed by atoms with Crippen molar-refractivity contribution in [3.05, 3.63) is 0 Å². The van der Waals surface area contributed by atoms with Gasteiger partial charge in [-0.25, -0.2) is 0 Å². The van der Waals surface area contributed by atoms with Crippen molar-refractivity contribution in [2.75, 3.05) is 31.6 Å². The molecular weight excluding hydrogens is 357 g/mol. The predicted molar refractivity (Wildman–Crippen MR) is 94.4 cm³/mol. The van der Waals surface area contributed by atoms with Crippen LogP contribution in [0.4, 0.5) is 0 Å². The van der Waals surface area contributed by atoms with Crippen molar-refractivity contribution >= 4 is 41.7 Å². The fourth-order valence-corrected chi connectivity index (χ4v) is 2.47. The zero-order valence-corrected chi connectivity index (χ0v) is 15.1. The molecule has 2 N–H and O–H groups in total. The average Bonchev–Trinajstić information content (AvgIpc) is 2.28. The molecule has 0 aromatic carbocycles. The molecule has 0 unspecified atom stereocenters. The van der Waals surface area contributed by atoms with E-state index in [4.69, 9.17) is 4.99 Å². The van der Waals surface area contributed by atoms with Crippen LogP contribution in [0.3, 0.4) is 0 Å². The van der Waals surface area contributed by atoms with Gasteiger partial charge in [-0.1, -0.05) is 13.3 Å². The van der Waals surface area contributed by atoms with E-state index in [9.17, 15) is 0 Å². The summed E-state index contributed by atoms with van der Waals surface area (Å²) in [6, 6.07) is 0. The molecular formula is C13H28IN3S. The van der Waals surface area contributed by atoms with Crippen molar-refractivity contribution in [3.63, 3.8) is 0 Å². The number of nitrogens with one attached hydrogen (secondary N) is 2. The summed E-state index contributed by atoms with van der Waals surface area (Å²) >= 11 is 1.86. The molecule has 0 heterocycles. The molecule has 0 aromatic rings. The Morgan fingerprint density at radius 3 is 2.44 bits per heavy atom. The lowest BCUT2D eigenvalue weighted by Gasteiger charge is -2.40. The fourth-order valence-electron chi connectivity index (χ4n) is 2.16. The normalized spacial score (nSPS) is 17.6. The van der Waals surface area contributed by atoms with Gasteiger partial charge in [-0.2, -0.15) is 11.8 Å². The largest absolute Gasteiger partial charge is 0.357 e. The molecule has 0 bridgehead atoms. The second kappa shape index (κ2) is 10.2. The van der Waals surface area contributed by atoms with Gasteiger partial charge < -0.3 is 10.6 Å². The van der Waals surface area contributed by atoms with Crippen LogP contribution in [0.15, 0.2) is 4.99 Å². The zero-order valence-electron chi connectivity index (χ0n) is 11.9. The van der Waals surface area contributed by atoms with Crippen molar-refractivity contribution in [3.8, 4) is 0 Å². The maximum Gasteiger partial charge on any atom is 0.191 e. The Morgan fingerprint density at radius 1 is 1.28 bits per heavy atom. The molecule has 0 saturated heterocycles. The molecule has 1 aliphatic rings. The number of thioether (sulfide) groups is 1. The second-order valence-electron chi connectivity index (χ2n) is 4.82. The van der Waals surface area contributed by atoms with E-state index in [-0.39, 0.29) is 24.0 Å². The first kappa shape index (κ1) is 18.4. The zero-order chi connectivity index (χ0) is 12.6. The van der Waals surface area contributed by atoms with Crippen LogP contribution < -0.4 is 10.6 Å². The highest BCUT2D eigenvalue weighted by Crippen LogP contribution is 2.43. The van der Waals surface area contributed by atoms with Gasteiger partial charge in [-0.15, -0.1) is 24.0 Å². The molecule has 18 heavy (non-hydrogen) atoms. The second-order valence-corrected chi connectivity index (χ2v) is 5.81. The van der Waals surface area contributed by atoms with Gasteiger partial charge in [0.15, 0.2) is 5.96 Å². The molecule has 1 fully saturated rings. The number of nitrogens with zero attached hydrogens (tertiary/aromatic N) is 1. The van der Waals surface area contributed by atoms with Gasteiger partial charge >= 0.3 is 0 Å². The molecule has 0 amide bonds. The maximum absolute atomic E-state index is 4.74. The summed E-state index contributed by atoms with van der Waals surface area (Å²) in [5.74, 6) is 2.12. The quantitative estimate of drug-likeness (QED) is 0.306. The van der Waals surface area contributed by atoms with E-state index in [0.717, 1.165) is 31.3 Å². The summed E-state index contributed by atoms with van der Waals surface area (Å²) in [7, 11) is 0. The number of halogens is 1. The Bertz CT molecular complexity index is 237. The topological polar surface area (TPSA) is 36.4 Å². The highest BCUT2D eigenvalue weighted by molar-refractivity contribution is 14.0. The van der Waals surface area contributed by atoms with E-state index in [0.29, 0.717) is 5.41 Å². The molecule has 5 heteroatoms. The van der Waals surface area contributed by atoms with Crippen LogP contribution >= 0.6 is 35.7 Å². The number of aliphatic imine (C=N–C) groups is 1. The summed E-state index contributed by atoms with van der Waals surface area (Å²) in [6.45, 7) is 7.32. The Labute approximate surface area is 133 Å². The molecule has 108 valence electrons. The van der Waals surface area contributed by atoms with Crippen LogP contribution in [0.25, 0.3) is 0 Å². The minimum atomic E-state index is 0. The first-order chi connectivity index (χ1) is 8.26. The van der Waals surface area contributed by atoms with Crippen LogP contribution in [0.5, 0.6) is 0 Å². The monoisotopic (exact) mass is 385 g/mol. The number of rotatable bonds is 7. The lowest BCUT2D eigenvalue weighted by atomic mass is 9.67. The molecule has 0 radical (unpaired) electrons. The van der Waals surface area contributed by atoms with Gasteiger partial charge in [0.2, 0.25) is 0 Å². The Hall–Kier alpha value is 0.350. The van der Waals surface area contributed by atoms with Crippen molar-refractivity contribution in [1.29, 1.82) is 0 Å². The molecule has 1 rings (SSSR count). The third kappa shape index (κ3) is 5.99. The van der Waals surface area contributed by atoms with Crippen LogP contribution in [-0.4, -0.2) is 37.6 Å². The van der Waals surface area contributed by atoms with Crippen LogP contribution in [0.2, 0.25) is 0 Å². The highest BCUT2D eigenvalue weighted by Gasteiger charge is 2.34. The highest BCUT2D eigenvalue weighted by atomic mass is 127. The van der Waals surface area contributed by atoms with Crippen molar-refractivity contribution in [2.24, 2.45) is 10.4 Å². The Morgan fingerprint density at radius 2 is 2.00 bits per heavy atom. The molecule has 1 saturated carbocycles. The average molecular weight is 385 g/mol. The predicted octanol–water partition coefficient (Wildman–Crippen LogP) is 3.10. The first-order valence-electron chi connectivity index (χ1n) is 6.77. The number of guanidine groups is 1. The first-order valence-corrected chi connectivity index (χ1v) is 8.17. The van der Waals surface area contributed by atoms with Gasteiger partial charge in [-0.05, 0) is 37.9 Å². The van der Waals surface area contributed by atoms with Crippen molar-refractivity contribution in [1.82, 2.24) is 10.6 Å². The summed E-state index contributed by atoms with van der Waals surface area (Å²) in [5.41, 5.74) is 0.516. The van der Waals surface area contributed by atoms with E-state index >= 15 is 0 Å². The lowest BCUT2D eigenvalue weighted by molar-refractivity contribution is 0.139. The molecule has 0 aromatic heterocycles. The minimum absolute atomic E-state index is 0. The van der Waals surface area contributed by atoms with Gasteiger partial charge in [0, 0.05) is 25.4 Å². The lowest BCUT2D eigenvalue weighted by Crippen LogP contribution is -2.40. The maximum atomic E-state index is 4.74. The SMILES string of the molecule is CCNC(=NCC1(CC)CCC1)NCCSC.I. The van der Waals surface area contributed by atoms with Crippen molar-refractivity contribution in [2.45, 2.75) is 39.5 Å². The van der Waals surface area contributed by atoms with Gasteiger partial charge in [0.1, 0.15) is 0 Å². The molecule has 0 spiro atoms. The van der Waals surface area contributed by atoms with E-state index in [1.54, 1.807) is 0 Å². The number of hydrogen-bond acceptors (Lipinski definition) is 2. The Balaban J connectivity index is 0.00000289. The van der Waals surface area contributed by atoms with E-state index in [2.05, 4.69) is 30.7 Å². The van der Waals surface area contributed by atoms with Crippen LogP contribution in [-0.2, 0) is 0 Å². The summed E-state index contributed by atoms with van der Waals surface area (Å²) < 4.78 is 0. The Kier molecular flexibility index (Phi) is 10.4. The molecule has 1 aliphatic carbocycles. The van der Waals surface area contributed by atoms with E-state index < -0.39 is 0 Å². The fraction of sp³-hybridized carbons (Fsp3) is 0.923. The van der Waals surface area contributed by atoms with Gasteiger partial charge in [0.05, 0.1) is 0 Å². The summed E-state index contributed by atoms with van der Waals surface area (Å²) in [5, 5.41) is 6.70. The van der Waals surface area contributed by atoms with Crippen molar-refractivity contribution < 1.29 is 0 Å². The smallest absolute Gasteiger partial charge is 0.191 e. The molecule has 0 atom stereocenters. The summed E-state index contributed by atoms with van der Waals surface area (Å²) in [6.07, 6.45) is 7.50. The van der Waals surface area contributed by atoms with Gasteiger partial charge in [-0.3, -0.25) is 4.99 Å². The minimum Gasteiger partial charge on any atom is -0.357 e. The standard InChI is InChI=1S/C13H27N3S.HI/c1-4-13(7-6-8-13)11-16-12(14-5-2)15-9-10-17-3;/h4-11H2,1-3H3,(H2,14,15,16);1H. The third-order valence-electron chi connectivity index (χ3n) is 3.68. The molecule has 0 aliphatic heterocycles. The van der Waals surface area contributed by atoms with E-state index in [1.165, 1.54) is 25.7 Å². The van der Waals surface area contributed by atoms with Crippen LogP contribution in [0.1, 0.15) is 39.5 Å². The van der Waals surface area contributed by atoms with Crippen LogP contribution in [0, 0.1) is 5.41 Å². The third-order valence-corrected chi connectivity index (χ3v) is 4.29.